The summed E-state index contributed by atoms with van der Waals surface area (Å²) in [5, 5.41) is 18.6. The fourth-order valence-corrected chi connectivity index (χ4v) is 2.29. The summed E-state index contributed by atoms with van der Waals surface area (Å²) in [6.07, 6.45) is 3.26. The van der Waals surface area contributed by atoms with Gasteiger partial charge in [-0.1, -0.05) is 17.7 Å². The van der Waals surface area contributed by atoms with Crippen LogP contribution in [0.25, 0.3) is 0 Å². The molecule has 24 heavy (non-hydrogen) atoms. The van der Waals surface area contributed by atoms with Gasteiger partial charge in [0.1, 0.15) is 25.0 Å². The van der Waals surface area contributed by atoms with E-state index in [0.717, 1.165) is 11.4 Å². The molecule has 0 bridgehead atoms. The van der Waals surface area contributed by atoms with E-state index in [2.05, 4.69) is 16.3 Å². The van der Waals surface area contributed by atoms with Gasteiger partial charge in [0.25, 0.3) is 0 Å². The molecule has 0 N–H and O–H groups in total. The Balaban J connectivity index is 1.71. The van der Waals surface area contributed by atoms with Crippen LogP contribution in [-0.4, -0.2) is 28.0 Å². The van der Waals surface area contributed by atoms with E-state index in [-0.39, 0.29) is 0 Å². The molecule has 1 aromatic heterocycles. The number of ether oxygens (including phenoxy) is 1. The lowest BCUT2D eigenvalue weighted by Gasteiger charge is -2.24. The first-order chi connectivity index (χ1) is 11.8. The van der Waals surface area contributed by atoms with Crippen molar-refractivity contribution < 1.29 is 4.74 Å². The van der Waals surface area contributed by atoms with Gasteiger partial charge in [0.2, 0.25) is 0 Å². The Labute approximate surface area is 140 Å². The lowest BCUT2D eigenvalue weighted by atomic mass is 10.2. The highest BCUT2D eigenvalue weighted by molar-refractivity contribution is 5.49. The summed E-state index contributed by atoms with van der Waals surface area (Å²) in [6, 6.07) is 17.4. The molecular weight excluding hydrogens is 302 g/mol. The number of benzene rings is 2. The Morgan fingerprint density at radius 2 is 1.71 bits per heavy atom. The zero-order valence-electron chi connectivity index (χ0n) is 13.3. The molecule has 0 radical (unpaired) electrons. The number of hydrogen-bond donors (Lipinski definition) is 0. The van der Waals surface area contributed by atoms with Crippen molar-refractivity contribution in [3.05, 3.63) is 72.3 Å². The van der Waals surface area contributed by atoms with E-state index in [1.807, 2.05) is 48.3 Å². The van der Waals surface area contributed by atoms with Crippen LogP contribution in [0.4, 0.5) is 5.69 Å². The van der Waals surface area contributed by atoms with Crippen LogP contribution in [0.5, 0.6) is 5.75 Å². The lowest BCUT2D eigenvalue weighted by molar-refractivity contribution is 0.319. The van der Waals surface area contributed by atoms with Gasteiger partial charge < -0.3 is 4.74 Å². The van der Waals surface area contributed by atoms with Crippen LogP contribution >= 0.6 is 0 Å². The fraction of sp³-hybridized carbons (Fsp3) is 0.167. The second kappa shape index (κ2) is 7.29. The summed E-state index contributed by atoms with van der Waals surface area (Å²) >= 11 is 0. The minimum absolute atomic E-state index is 0.501. The maximum atomic E-state index is 8.93. The van der Waals surface area contributed by atoms with Gasteiger partial charge >= 0.3 is 0 Å². The molecule has 120 valence electrons. The number of hydrogen-bond acceptors (Lipinski definition) is 5. The first kappa shape index (κ1) is 15.6. The summed E-state index contributed by atoms with van der Waals surface area (Å²) < 4.78 is 7.60. The normalized spacial score (nSPS) is 10.2. The number of nitriles is 1. The molecule has 1 heterocycles. The van der Waals surface area contributed by atoms with Crippen LogP contribution < -0.4 is 9.75 Å². The third-order valence-electron chi connectivity index (χ3n) is 3.57. The molecule has 0 atom stereocenters. The summed E-state index contributed by atoms with van der Waals surface area (Å²) in [5.74, 6) is 0.837. The molecule has 0 aliphatic heterocycles. The van der Waals surface area contributed by atoms with Crippen molar-refractivity contribution in [3.63, 3.8) is 0 Å². The predicted octanol–water partition coefficient (Wildman–Crippen LogP) is 2.81. The molecule has 0 amide bonds. The zero-order chi connectivity index (χ0) is 16.8. The smallest absolute Gasteiger partial charge is 0.139 e. The second-order valence-electron chi connectivity index (χ2n) is 5.29. The van der Waals surface area contributed by atoms with E-state index < -0.39 is 0 Å². The molecule has 2 aromatic carbocycles. The van der Waals surface area contributed by atoms with Crippen molar-refractivity contribution in [2.45, 2.75) is 6.92 Å². The molecule has 0 aliphatic rings. The molecule has 0 fully saturated rings. The minimum Gasteiger partial charge on any atom is -0.492 e. The van der Waals surface area contributed by atoms with Gasteiger partial charge in [-0.15, -0.1) is 10.2 Å². The molecule has 6 heteroatoms. The number of aryl methyl sites for hydroxylation is 1. The molecular formula is C18H17N5O. The van der Waals surface area contributed by atoms with Crippen molar-refractivity contribution in [2.75, 3.05) is 18.2 Å². The maximum absolute atomic E-state index is 8.93. The Morgan fingerprint density at radius 3 is 2.33 bits per heavy atom. The summed E-state index contributed by atoms with van der Waals surface area (Å²) in [6.45, 7) is 3.15. The molecule has 0 spiro atoms. The number of anilines is 1. The van der Waals surface area contributed by atoms with Gasteiger partial charge in [-0.3, -0.25) is 5.01 Å². The van der Waals surface area contributed by atoms with Gasteiger partial charge in [-0.05, 0) is 43.3 Å². The molecule has 3 rings (SSSR count). The quantitative estimate of drug-likeness (QED) is 0.699. The highest BCUT2D eigenvalue weighted by Crippen LogP contribution is 2.16. The Kier molecular flexibility index (Phi) is 4.73. The van der Waals surface area contributed by atoms with E-state index in [0.29, 0.717) is 18.7 Å². The van der Waals surface area contributed by atoms with Crippen molar-refractivity contribution in [3.8, 4) is 11.8 Å². The standard InChI is InChI=1S/C18H17N5O/c1-15-2-8-18(9-3-15)24-11-10-23(22-13-20-21-14-22)17-6-4-16(12-19)5-7-17/h2-9,13-14H,10-11H2,1H3. The Hall–Kier alpha value is -3.33. The predicted molar refractivity (Wildman–Crippen MR) is 90.6 cm³/mol. The van der Waals surface area contributed by atoms with Gasteiger partial charge in [0, 0.05) is 0 Å². The van der Waals surface area contributed by atoms with E-state index in [1.54, 1.807) is 29.5 Å². The van der Waals surface area contributed by atoms with Crippen LogP contribution in [-0.2, 0) is 0 Å². The van der Waals surface area contributed by atoms with Crippen molar-refractivity contribution in [1.82, 2.24) is 14.9 Å². The number of rotatable bonds is 6. The van der Waals surface area contributed by atoms with Crippen LogP contribution in [0.2, 0.25) is 0 Å². The first-order valence-corrected chi connectivity index (χ1v) is 7.58. The average molecular weight is 319 g/mol. The topological polar surface area (TPSA) is 67.0 Å². The maximum Gasteiger partial charge on any atom is 0.139 e. The SMILES string of the molecule is Cc1ccc(OCCN(c2ccc(C#N)cc2)n2cnnc2)cc1. The zero-order valence-corrected chi connectivity index (χ0v) is 13.3. The summed E-state index contributed by atoms with van der Waals surface area (Å²) in [5.41, 5.74) is 2.76. The van der Waals surface area contributed by atoms with Crippen molar-refractivity contribution in [2.24, 2.45) is 0 Å². The average Bonchev–Trinajstić information content (AvgIpc) is 3.15. The number of nitrogens with zero attached hydrogens (tertiary/aromatic N) is 5. The van der Waals surface area contributed by atoms with Gasteiger partial charge in [-0.25, -0.2) is 4.68 Å². The van der Waals surface area contributed by atoms with Gasteiger partial charge in [0.05, 0.1) is 23.9 Å². The monoisotopic (exact) mass is 319 g/mol. The van der Waals surface area contributed by atoms with Gasteiger partial charge in [-0.2, -0.15) is 5.26 Å². The Morgan fingerprint density at radius 1 is 1.04 bits per heavy atom. The first-order valence-electron chi connectivity index (χ1n) is 7.58. The summed E-state index contributed by atoms with van der Waals surface area (Å²) in [4.78, 5) is 0. The molecule has 3 aromatic rings. The van der Waals surface area contributed by atoms with Crippen LogP contribution in [0.3, 0.4) is 0 Å². The molecule has 0 saturated heterocycles. The van der Waals surface area contributed by atoms with E-state index in [9.17, 15) is 0 Å². The van der Waals surface area contributed by atoms with E-state index in [1.165, 1.54) is 5.56 Å². The number of aromatic nitrogens is 3. The highest BCUT2D eigenvalue weighted by atomic mass is 16.5. The van der Waals surface area contributed by atoms with Crippen LogP contribution in [0.1, 0.15) is 11.1 Å². The van der Waals surface area contributed by atoms with Crippen molar-refractivity contribution in [1.29, 1.82) is 5.26 Å². The van der Waals surface area contributed by atoms with E-state index >= 15 is 0 Å². The molecule has 0 aliphatic carbocycles. The van der Waals surface area contributed by atoms with Crippen LogP contribution in [0, 0.1) is 18.3 Å². The van der Waals surface area contributed by atoms with Crippen molar-refractivity contribution >= 4 is 5.69 Å². The minimum atomic E-state index is 0.501. The van der Waals surface area contributed by atoms with E-state index in [4.69, 9.17) is 10.00 Å². The fourth-order valence-electron chi connectivity index (χ4n) is 2.29. The van der Waals surface area contributed by atoms with Crippen LogP contribution in [0.15, 0.2) is 61.2 Å². The third kappa shape index (κ3) is 3.70. The molecule has 6 nitrogen and oxygen atoms in total. The Bertz CT molecular complexity index is 804. The summed E-state index contributed by atoms with van der Waals surface area (Å²) in [7, 11) is 0. The highest BCUT2D eigenvalue weighted by Gasteiger charge is 2.09. The lowest BCUT2D eigenvalue weighted by Crippen LogP contribution is -2.32. The largest absolute Gasteiger partial charge is 0.492 e. The molecule has 0 unspecified atom stereocenters. The second-order valence-corrected chi connectivity index (χ2v) is 5.29. The molecule has 0 saturated carbocycles. The van der Waals surface area contributed by atoms with Gasteiger partial charge in [0.15, 0.2) is 0 Å². The third-order valence-corrected chi connectivity index (χ3v) is 3.57.